The van der Waals surface area contributed by atoms with Crippen LogP contribution in [0.25, 0.3) is 0 Å². The topological polar surface area (TPSA) is 415 Å². The zero-order chi connectivity index (χ0) is 21.5. The fourth-order valence-electron chi connectivity index (χ4n) is 0. The van der Waals surface area contributed by atoms with Crippen LogP contribution < -0.4 is 135 Å². The maximum absolute atomic E-state index is 8.41. The van der Waals surface area contributed by atoms with E-state index in [1.54, 1.807) is 0 Å². The first-order chi connectivity index (χ1) is 10.4. The smallest absolute Gasteiger partial charge is 0.357 e. The van der Waals surface area contributed by atoms with Gasteiger partial charge in [-0.15, -0.1) is 0 Å². The van der Waals surface area contributed by atoms with Crippen LogP contribution in [0.4, 0.5) is 0 Å². The second-order valence-electron chi connectivity index (χ2n) is 1.13. The van der Waals surface area contributed by atoms with Crippen LogP contribution in [0.2, 0.25) is 0 Å². The molecule has 0 saturated heterocycles. The van der Waals surface area contributed by atoms with Gasteiger partial charge in [0, 0.05) is 20.1 Å². The quantitative estimate of drug-likeness (QED) is 0.209. The summed E-state index contributed by atoms with van der Waals surface area (Å²) in [6.45, 7) is 0. The van der Waals surface area contributed by atoms with Crippen molar-refractivity contribution in [3.63, 3.8) is 0 Å². The molecule has 0 aromatic carbocycles. The summed E-state index contributed by atoms with van der Waals surface area (Å²) in [5.41, 5.74) is 0. The van der Waals surface area contributed by atoms with Crippen molar-refractivity contribution in [2.24, 2.45) is 0 Å². The van der Waals surface area contributed by atoms with Crippen LogP contribution in [0.5, 0.6) is 0 Å². The molecule has 0 rings (SSSR count). The predicted molar refractivity (Wildman–Crippen MR) is 0 cm³/mol. The Bertz CT molecular complexity index is 107. The van der Waals surface area contributed by atoms with E-state index in [1.165, 1.54) is 0 Å². The Kier molecular flexibility index (Phi) is 92.5. The summed E-state index contributed by atoms with van der Waals surface area (Å²) < 4.78 is 151. The summed E-state index contributed by atoms with van der Waals surface area (Å²) in [4.78, 5) is 0. The van der Waals surface area contributed by atoms with Gasteiger partial charge in [0.05, 0.1) is 64.7 Å². The molecule has 18 nitrogen and oxygen atoms in total. The number of halogens is 6. The van der Waals surface area contributed by atoms with Crippen molar-refractivity contribution in [3.8, 4) is 0 Å². The predicted octanol–water partition coefficient (Wildman–Crippen LogP) is -24.4. The van der Waals surface area contributed by atoms with Gasteiger partial charge in [-0.3, -0.25) is 0 Å². The van der Waals surface area contributed by atoms with Crippen molar-refractivity contribution in [2.75, 3.05) is 0 Å². The van der Waals surface area contributed by atoms with Gasteiger partial charge in [-0.05, 0) is 0 Å². The van der Waals surface area contributed by atoms with E-state index in [0.29, 0.717) is 0 Å². The van der Waals surface area contributed by atoms with Gasteiger partial charge in [-0.25, -0.2) is 0 Å². The molecule has 0 aliphatic rings. The Morgan fingerprint density at radius 1 is 0.231 bits per heavy atom. The van der Waals surface area contributed by atoms with Crippen LogP contribution in [0.3, 0.4) is 0 Å². The van der Waals surface area contributed by atoms with Gasteiger partial charge in [-0.1, -0.05) is 0 Å². The fourth-order valence-corrected chi connectivity index (χ4v) is 0. The first-order valence-electron chi connectivity index (χ1n) is 2.78. The van der Waals surface area contributed by atoms with Crippen LogP contribution in [-0.4, -0.2) is 0 Å². The minimum atomic E-state index is -2.85. The van der Waals surface area contributed by atoms with E-state index in [2.05, 4.69) is 0 Å². The van der Waals surface area contributed by atoms with Gasteiger partial charge >= 0.3 is 51.4 Å². The summed E-state index contributed by atoms with van der Waals surface area (Å²) in [6.07, 6.45) is 0. The molecule has 26 heavy (non-hydrogen) atoms. The van der Waals surface area contributed by atoms with E-state index in [9.17, 15) is 0 Å². The van der Waals surface area contributed by atoms with E-state index in [4.69, 9.17) is 83.9 Å². The number of hydrogen-bond acceptors (Lipinski definition) is 18. The van der Waals surface area contributed by atoms with Gasteiger partial charge in [-0.2, -0.15) is 0 Å². The SMILES string of the molecule is [Ir].[K+].[O-][Cl+2]([O-])[O-].[O-][Cl+2]([O-])[O-].[O-][Cl+2]([O-])[O-].[O-][Cl+2]([O-])[O-].[O-][Cl+2]([O-])[O-].[O-][Cl+2]([O-])[O-]. The molecule has 0 bridgehead atoms. The summed E-state index contributed by atoms with van der Waals surface area (Å²) in [6, 6.07) is 0. The van der Waals surface area contributed by atoms with Crippen molar-refractivity contribution in [2.45, 2.75) is 0 Å². The molecule has 0 aliphatic carbocycles. The first-order valence-corrected chi connectivity index (χ1v) is 8.33. The molecule has 1 radical (unpaired) electrons. The van der Waals surface area contributed by atoms with Crippen LogP contribution in [-0.2, 0) is 20.1 Å². The largest absolute Gasteiger partial charge is 1.00 e. The van der Waals surface area contributed by atoms with E-state index in [-0.39, 0.29) is 71.5 Å². The third kappa shape index (κ3) is 1730. The Morgan fingerprint density at radius 3 is 0.231 bits per heavy atom. The minimum Gasteiger partial charge on any atom is -0.357 e. The van der Waals surface area contributed by atoms with Gasteiger partial charge in [0.1, 0.15) is 0 Å². The van der Waals surface area contributed by atoms with Crippen LogP contribution >= 0.6 is 0 Å². The number of hydrogen-bond donors (Lipinski definition) is 0. The van der Waals surface area contributed by atoms with Crippen molar-refractivity contribution in [1.82, 2.24) is 0 Å². The molecular formula is Cl6IrKO18-5. The average Bonchev–Trinajstić information content (AvgIpc) is 2.08. The molecule has 0 N–H and O–H groups in total. The van der Waals surface area contributed by atoms with Gasteiger partial charge in [0.25, 0.3) is 0 Å². The summed E-state index contributed by atoms with van der Waals surface area (Å²) in [7, 11) is -17.1. The van der Waals surface area contributed by atoms with E-state index >= 15 is 0 Å². The standard InChI is InChI=1S/6ClO3.Ir.K/c6*2-1(3)4;;/q6*-1;;+1. The molecule has 0 atom stereocenters. The summed E-state index contributed by atoms with van der Waals surface area (Å²) >= 11 is 0. The maximum atomic E-state index is 8.41. The Labute approximate surface area is 217 Å². The van der Waals surface area contributed by atoms with Crippen LogP contribution in [0, 0.1) is 64.7 Å². The Hall–Kier alpha value is 3.31. The molecule has 0 heterocycles. The summed E-state index contributed by atoms with van der Waals surface area (Å²) in [5.74, 6) is 0. The molecule has 165 valence electrons. The average molecular weight is 732 g/mol. The second-order valence-corrected chi connectivity index (χ2v) is 3.40. The molecule has 0 saturated carbocycles. The zero-order valence-corrected chi connectivity index (χ0v) is 21.0. The molecule has 0 amide bonds. The molecule has 0 unspecified atom stereocenters. The maximum Gasteiger partial charge on any atom is 1.00 e. The molecule has 0 spiro atoms. The monoisotopic (exact) mass is 730 g/mol. The molecule has 0 aliphatic heterocycles. The van der Waals surface area contributed by atoms with Gasteiger partial charge in [0.2, 0.25) is 0 Å². The Morgan fingerprint density at radius 2 is 0.231 bits per heavy atom. The minimum absolute atomic E-state index is 0. The molecule has 0 fully saturated rings. The van der Waals surface area contributed by atoms with E-state index in [0.717, 1.165) is 0 Å². The van der Waals surface area contributed by atoms with Crippen molar-refractivity contribution in [1.29, 1.82) is 0 Å². The third-order valence-electron chi connectivity index (χ3n) is 0. The molecule has 0 aromatic heterocycles. The van der Waals surface area contributed by atoms with Gasteiger partial charge in [0.15, 0.2) is 0 Å². The normalized spacial score (nSPS) is 8.31. The second kappa shape index (κ2) is 46.5. The van der Waals surface area contributed by atoms with Crippen LogP contribution in [0.15, 0.2) is 0 Å². The van der Waals surface area contributed by atoms with Crippen LogP contribution in [0.1, 0.15) is 0 Å². The third-order valence-corrected chi connectivity index (χ3v) is 0. The zero-order valence-electron chi connectivity index (χ0n) is 10.9. The molecule has 26 heteroatoms. The van der Waals surface area contributed by atoms with Crippen molar-refractivity contribution >= 4 is 0 Å². The van der Waals surface area contributed by atoms with Crippen molar-refractivity contribution < 1.29 is 220 Å². The van der Waals surface area contributed by atoms with E-state index in [1.807, 2.05) is 0 Å². The Balaban J connectivity index is -0.0000000245. The number of rotatable bonds is 0. The fraction of sp³-hybridized carbons (Fsp3) is 0. The molecule has 0 aromatic rings. The first kappa shape index (κ1) is 51.7. The van der Waals surface area contributed by atoms with E-state index < -0.39 is 64.7 Å². The molecular weight excluding hydrogens is 732 g/mol. The van der Waals surface area contributed by atoms with Crippen molar-refractivity contribution in [3.05, 3.63) is 0 Å². The van der Waals surface area contributed by atoms with Gasteiger partial charge < -0.3 is 83.9 Å². The summed E-state index contributed by atoms with van der Waals surface area (Å²) in [5, 5.41) is 0.